The summed E-state index contributed by atoms with van der Waals surface area (Å²) in [5.41, 5.74) is 9.62. The first-order chi connectivity index (χ1) is 20.9. The first-order valence-corrected chi connectivity index (χ1v) is 16.9. The van der Waals surface area contributed by atoms with E-state index in [-0.39, 0.29) is 38.4 Å². The maximum atomic E-state index is 14.6. The molecule has 228 valence electrons. The molecule has 5 rings (SSSR count). The zero-order chi connectivity index (χ0) is 31.8. The number of nitrogens with zero attached hydrogens (tertiary/aromatic N) is 1. The number of thiazole rings is 1. The van der Waals surface area contributed by atoms with Gasteiger partial charge in [-0.2, -0.15) is 0 Å². The molecule has 44 heavy (non-hydrogen) atoms. The molecular weight excluding hydrogens is 593 g/mol. The van der Waals surface area contributed by atoms with Gasteiger partial charge in [-0.15, -0.1) is 11.3 Å². The van der Waals surface area contributed by atoms with E-state index in [1.807, 2.05) is 48.5 Å². The van der Waals surface area contributed by atoms with Gasteiger partial charge < -0.3 is 10.5 Å². The Hall–Kier alpha value is -4.21. The second kappa shape index (κ2) is 12.4. The van der Waals surface area contributed by atoms with Crippen LogP contribution in [-0.4, -0.2) is 25.6 Å². The molecule has 0 fully saturated rings. The summed E-state index contributed by atoms with van der Waals surface area (Å²) in [5, 5.41) is 0. The van der Waals surface area contributed by atoms with Crippen LogP contribution in [0, 0.1) is 0 Å². The Bertz CT molecular complexity index is 2020. The molecule has 0 aliphatic carbocycles. The molecule has 0 bridgehead atoms. The number of esters is 1. The van der Waals surface area contributed by atoms with Gasteiger partial charge in [0.05, 0.1) is 32.4 Å². The molecule has 7 nitrogen and oxygen atoms in total. The minimum atomic E-state index is -4.24. The zero-order valence-electron chi connectivity index (χ0n) is 25.4. The highest BCUT2D eigenvalue weighted by Gasteiger charge is 2.42. The third-order valence-electron chi connectivity index (χ3n) is 7.78. The van der Waals surface area contributed by atoms with Crippen molar-refractivity contribution in [2.24, 2.45) is 5.73 Å². The van der Waals surface area contributed by atoms with E-state index >= 15 is 0 Å². The van der Waals surface area contributed by atoms with Crippen LogP contribution in [0.2, 0.25) is 0 Å². The molecule has 1 aromatic heterocycles. The summed E-state index contributed by atoms with van der Waals surface area (Å²) < 4.78 is 36.1. The second-order valence-corrected chi connectivity index (χ2v) is 14.3. The lowest BCUT2D eigenvalue weighted by atomic mass is 9.87. The number of aromatic nitrogens is 1. The van der Waals surface area contributed by atoms with E-state index in [9.17, 15) is 18.0 Å². The van der Waals surface area contributed by atoms with E-state index in [1.54, 1.807) is 31.2 Å². The minimum absolute atomic E-state index is 0.0460. The van der Waals surface area contributed by atoms with Crippen LogP contribution in [0.1, 0.15) is 74.6 Å². The highest BCUT2D eigenvalue weighted by molar-refractivity contribution is 8.00. The van der Waals surface area contributed by atoms with E-state index in [4.69, 9.17) is 10.5 Å². The maximum absolute atomic E-state index is 14.6. The van der Waals surface area contributed by atoms with E-state index in [2.05, 4.69) is 27.7 Å². The van der Waals surface area contributed by atoms with Gasteiger partial charge in [-0.25, -0.2) is 13.2 Å². The van der Waals surface area contributed by atoms with Crippen molar-refractivity contribution in [2.75, 3.05) is 6.61 Å². The number of sulfone groups is 1. The largest absolute Gasteiger partial charge is 0.463 e. The molecule has 1 aliphatic rings. The van der Waals surface area contributed by atoms with E-state index < -0.39 is 27.3 Å². The van der Waals surface area contributed by atoms with Crippen LogP contribution in [0.25, 0.3) is 16.8 Å². The standard InChI is InChI=1S/C35H36N2O5S2/c1-6-42-35(39)30-29(26-18-16-25(17-19-26)22(4)5)31(44(40,41)27-10-8-7-9-11-27)34-37(32(30)36)33(38)28(43-34)20-23-12-14-24(15-13-23)21(2)3/h7-22,29H,6,36H2,1-5H3/b28-20-/t29-/m1/s1. The fourth-order valence-electron chi connectivity index (χ4n) is 5.34. The number of hydrogen-bond donors (Lipinski definition) is 1. The third-order valence-corrected chi connectivity index (χ3v) is 10.9. The Labute approximate surface area is 261 Å². The van der Waals surface area contributed by atoms with Gasteiger partial charge in [0, 0.05) is 0 Å². The molecule has 0 radical (unpaired) electrons. The Morgan fingerprint density at radius 1 is 0.932 bits per heavy atom. The average Bonchev–Trinajstić information content (AvgIpc) is 3.32. The van der Waals surface area contributed by atoms with Crippen molar-refractivity contribution in [1.29, 1.82) is 0 Å². The molecule has 4 aromatic rings. The highest BCUT2D eigenvalue weighted by Crippen LogP contribution is 2.42. The van der Waals surface area contributed by atoms with Crippen LogP contribution in [-0.2, 0) is 19.4 Å². The number of rotatable bonds is 8. The molecule has 2 heterocycles. The monoisotopic (exact) mass is 628 g/mol. The molecule has 1 atom stereocenters. The predicted octanol–water partition coefficient (Wildman–Crippen LogP) is 5.06. The fraction of sp³-hybridized carbons (Fsp3) is 0.257. The lowest BCUT2D eigenvalue weighted by Gasteiger charge is -2.28. The van der Waals surface area contributed by atoms with Crippen molar-refractivity contribution < 1.29 is 17.9 Å². The highest BCUT2D eigenvalue weighted by atomic mass is 32.2. The third kappa shape index (κ3) is 5.69. The van der Waals surface area contributed by atoms with Gasteiger partial charge in [-0.05, 0) is 59.2 Å². The lowest BCUT2D eigenvalue weighted by Crippen LogP contribution is -2.41. The van der Waals surface area contributed by atoms with Gasteiger partial charge in [0.15, 0.2) is 0 Å². The minimum Gasteiger partial charge on any atom is -0.463 e. The van der Waals surface area contributed by atoms with Crippen LogP contribution < -0.4 is 20.5 Å². The fourth-order valence-corrected chi connectivity index (χ4v) is 8.52. The van der Waals surface area contributed by atoms with Crippen LogP contribution in [0.3, 0.4) is 0 Å². The van der Waals surface area contributed by atoms with Crippen molar-refractivity contribution in [1.82, 2.24) is 4.57 Å². The smallest absolute Gasteiger partial charge is 0.338 e. The average molecular weight is 629 g/mol. The Morgan fingerprint density at radius 3 is 2.05 bits per heavy atom. The van der Waals surface area contributed by atoms with E-state index in [0.29, 0.717) is 16.0 Å². The van der Waals surface area contributed by atoms with Gasteiger partial charge in [0.2, 0.25) is 9.84 Å². The van der Waals surface area contributed by atoms with Crippen molar-refractivity contribution in [2.45, 2.75) is 57.3 Å². The van der Waals surface area contributed by atoms with Crippen molar-refractivity contribution >= 4 is 43.9 Å². The molecule has 0 amide bonds. The quantitative estimate of drug-likeness (QED) is 0.274. The van der Waals surface area contributed by atoms with Gasteiger partial charge in [-0.3, -0.25) is 9.36 Å². The molecule has 2 N–H and O–H groups in total. The van der Waals surface area contributed by atoms with Crippen molar-refractivity contribution in [3.8, 4) is 0 Å². The number of carbonyl (C=O) groups is 1. The van der Waals surface area contributed by atoms with Gasteiger partial charge >= 0.3 is 5.97 Å². The van der Waals surface area contributed by atoms with E-state index in [0.717, 1.165) is 32.6 Å². The van der Waals surface area contributed by atoms with Crippen molar-refractivity contribution in [3.63, 3.8) is 0 Å². The van der Waals surface area contributed by atoms with Gasteiger partial charge in [0.1, 0.15) is 10.5 Å². The second-order valence-electron chi connectivity index (χ2n) is 11.3. The van der Waals surface area contributed by atoms with Crippen LogP contribution >= 0.6 is 11.3 Å². The van der Waals surface area contributed by atoms with Crippen LogP contribution in [0.5, 0.6) is 0 Å². The summed E-state index contributed by atoms with van der Waals surface area (Å²) in [6, 6.07) is 23.3. The van der Waals surface area contributed by atoms with Gasteiger partial charge in [-0.1, -0.05) is 94.4 Å². The topological polar surface area (TPSA) is 108 Å². The summed E-state index contributed by atoms with van der Waals surface area (Å²) in [7, 11) is -4.24. The molecule has 0 saturated carbocycles. The Balaban J connectivity index is 1.89. The van der Waals surface area contributed by atoms with Gasteiger partial charge in [0.25, 0.3) is 5.56 Å². The lowest BCUT2D eigenvalue weighted by molar-refractivity contribution is -0.138. The number of benzene rings is 3. The maximum Gasteiger partial charge on any atom is 0.338 e. The van der Waals surface area contributed by atoms with Crippen LogP contribution in [0.15, 0.2) is 94.1 Å². The number of hydrogen-bond acceptors (Lipinski definition) is 7. The summed E-state index contributed by atoms with van der Waals surface area (Å²) in [6.45, 7) is 10.0. The first kappa shape index (κ1) is 31.2. The zero-order valence-corrected chi connectivity index (χ0v) is 27.0. The molecule has 3 aromatic carbocycles. The molecule has 0 unspecified atom stereocenters. The molecule has 0 saturated heterocycles. The molecule has 9 heteroatoms. The summed E-state index contributed by atoms with van der Waals surface area (Å²) in [4.78, 5) is 27.5. The summed E-state index contributed by atoms with van der Waals surface area (Å²) in [5.74, 6) is -1.42. The first-order valence-electron chi connectivity index (χ1n) is 14.6. The summed E-state index contributed by atoms with van der Waals surface area (Å²) >= 11 is 1.05. The van der Waals surface area contributed by atoms with Crippen molar-refractivity contribution in [3.05, 3.63) is 126 Å². The molecule has 1 aliphatic heterocycles. The van der Waals surface area contributed by atoms with E-state index in [1.165, 1.54) is 12.1 Å². The number of fused-ring (bicyclic) bond motifs is 1. The summed E-state index contributed by atoms with van der Waals surface area (Å²) in [6.07, 6.45) is 1.72. The van der Waals surface area contributed by atoms with Crippen LogP contribution in [0.4, 0.5) is 0 Å². The Morgan fingerprint density at radius 2 is 1.50 bits per heavy atom. The number of carbonyl (C=O) groups excluding carboxylic acids is 1. The SMILES string of the molecule is CCOC(=O)C1=C(N)n2c(s/c(=C\c3ccc(C(C)C)cc3)c2=O)=C(S(=O)(=O)c2ccccc2)[C@@H]1c1ccc(C(C)C)cc1. The normalized spacial score (nSPS) is 15.7. The predicted molar refractivity (Wildman–Crippen MR) is 176 cm³/mol. The molecule has 0 spiro atoms. The Kier molecular flexibility index (Phi) is 8.81. The number of ether oxygens (including phenoxy) is 1. The molecular formula is C35H36N2O5S2. The number of nitrogens with two attached hydrogens (primary N) is 1.